The Morgan fingerprint density at radius 2 is 2.22 bits per heavy atom. The first kappa shape index (κ1) is 12.1. The van der Waals surface area contributed by atoms with Gasteiger partial charge in [0, 0.05) is 18.5 Å². The number of ether oxygens (including phenoxy) is 1. The predicted octanol–water partition coefficient (Wildman–Crippen LogP) is 1.64. The molecule has 1 unspecified atom stereocenters. The first-order chi connectivity index (χ1) is 8.69. The molecule has 0 aliphatic heterocycles. The van der Waals surface area contributed by atoms with E-state index in [0.717, 1.165) is 5.56 Å². The van der Waals surface area contributed by atoms with Crippen molar-refractivity contribution in [2.24, 2.45) is 0 Å². The number of pyridine rings is 1. The van der Waals surface area contributed by atoms with Crippen LogP contribution < -0.4 is 15.8 Å². The van der Waals surface area contributed by atoms with E-state index in [4.69, 9.17) is 10.5 Å². The Balaban J connectivity index is 2.16. The standard InChI is InChI=1S/C12H15N5O/c1-8(9-4-3-5-14-7-9)15-10-6-11(18-2)17-12(13)16-10/h3-8H,1-2H3,(H3,13,15,16,17). The number of hydrogen-bond acceptors (Lipinski definition) is 6. The zero-order chi connectivity index (χ0) is 13.0. The molecule has 0 aromatic carbocycles. The molecule has 0 saturated heterocycles. The molecule has 0 aliphatic rings. The van der Waals surface area contributed by atoms with Crippen LogP contribution >= 0.6 is 0 Å². The van der Waals surface area contributed by atoms with Crippen molar-refractivity contribution < 1.29 is 4.74 Å². The molecule has 0 bridgehead atoms. The highest BCUT2D eigenvalue weighted by atomic mass is 16.5. The highest BCUT2D eigenvalue weighted by Crippen LogP contribution is 2.20. The number of anilines is 2. The van der Waals surface area contributed by atoms with Crippen molar-refractivity contribution in [3.05, 3.63) is 36.2 Å². The van der Waals surface area contributed by atoms with Crippen molar-refractivity contribution in [2.75, 3.05) is 18.2 Å². The molecule has 2 heterocycles. The first-order valence-corrected chi connectivity index (χ1v) is 5.54. The normalized spacial score (nSPS) is 11.9. The van der Waals surface area contributed by atoms with E-state index in [1.807, 2.05) is 19.1 Å². The van der Waals surface area contributed by atoms with Crippen molar-refractivity contribution in [1.29, 1.82) is 0 Å². The lowest BCUT2D eigenvalue weighted by Crippen LogP contribution is -2.10. The maximum absolute atomic E-state index is 5.59. The molecule has 0 aliphatic carbocycles. The average molecular weight is 245 g/mol. The van der Waals surface area contributed by atoms with Crippen LogP contribution in [0.5, 0.6) is 5.88 Å². The second-order valence-corrected chi connectivity index (χ2v) is 3.81. The van der Waals surface area contributed by atoms with Crippen LogP contribution in [-0.2, 0) is 0 Å². The second kappa shape index (κ2) is 5.31. The van der Waals surface area contributed by atoms with Crippen LogP contribution in [0.2, 0.25) is 0 Å². The summed E-state index contributed by atoms with van der Waals surface area (Å²) in [6.07, 6.45) is 3.54. The van der Waals surface area contributed by atoms with E-state index in [1.165, 1.54) is 7.11 Å². The number of nitrogens with one attached hydrogen (secondary N) is 1. The van der Waals surface area contributed by atoms with Gasteiger partial charge in [-0.1, -0.05) is 6.07 Å². The molecule has 2 aromatic heterocycles. The largest absolute Gasteiger partial charge is 0.481 e. The number of nitrogens with two attached hydrogens (primary N) is 1. The van der Waals surface area contributed by atoms with Crippen LogP contribution in [0.15, 0.2) is 30.6 Å². The fourth-order valence-electron chi connectivity index (χ4n) is 1.56. The summed E-state index contributed by atoms with van der Waals surface area (Å²) < 4.78 is 5.04. The second-order valence-electron chi connectivity index (χ2n) is 3.81. The van der Waals surface area contributed by atoms with Crippen LogP contribution in [0.25, 0.3) is 0 Å². The number of methoxy groups -OCH3 is 1. The summed E-state index contributed by atoms with van der Waals surface area (Å²) in [6.45, 7) is 2.02. The lowest BCUT2D eigenvalue weighted by Gasteiger charge is -2.15. The predicted molar refractivity (Wildman–Crippen MR) is 69.3 cm³/mol. The number of nitrogens with zero attached hydrogens (tertiary/aromatic N) is 3. The molecule has 18 heavy (non-hydrogen) atoms. The van der Waals surface area contributed by atoms with Crippen molar-refractivity contribution in [3.8, 4) is 5.88 Å². The summed E-state index contributed by atoms with van der Waals surface area (Å²) in [5, 5.41) is 3.22. The molecule has 3 N–H and O–H groups in total. The van der Waals surface area contributed by atoms with Crippen LogP contribution in [-0.4, -0.2) is 22.1 Å². The maximum Gasteiger partial charge on any atom is 0.225 e. The van der Waals surface area contributed by atoms with Crippen LogP contribution in [0.3, 0.4) is 0 Å². The summed E-state index contributed by atoms with van der Waals surface area (Å²) >= 11 is 0. The van der Waals surface area contributed by atoms with Crippen LogP contribution in [0.1, 0.15) is 18.5 Å². The zero-order valence-electron chi connectivity index (χ0n) is 10.3. The SMILES string of the molecule is COc1cc(NC(C)c2cccnc2)nc(N)n1. The number of rotatable bonds is 4. The molecule has 2 aromatic rings. The molecule has 0 spiro atoms. The Hall–Kier alpha value is -2.37. The molecular weight excluding hydrogens is 230 g/mol. The van der Waals surface area contributed by atoms with Gasteiger partial charge in [0.15, 0.2) is 0 Å². The van der Waals surface area contributed by atoms with Gasteiger partial charge in [-0.2, -0.15) is 9.97 Å². The quantitative estimate of drug-likeness (QED) is 0.851. The van der Waals surface area contributed by atoms with Crippen LogP contribution in [0.4, 0.5) is 11.8 Å². The topological polar surface area (TPSA) is 86.0 Å². The summed E-state index contributed by atoms with van der Waals surface area (Å²) in [5.74, 6) is 1.23. The average Bonchev–Trinajstić information content (AvgIpc) is 2.39. The third-order valence-electron chi connectivity index (χ3n) is 2.48. The summed E-state index contributed by atoms with van der Waals surface area (Å²) in [5.41, 5.74) is 6.66. The van der Waals surface area contributed by atoms with Gasteiger partial charge in [-0.15, -0.1) is 0 Å². The molecular formula is C12H15N5O. The van der Waals surface area contributed by atoms with E-state index in [9.17, 15) is 0 Å². The Morgan fingerprint density at radius 3 is 2.89 bits per heavy atom. The molecule has 0 amide bonds. The van der Waals surface area contributed by atoms with E-state index in [2.05, 4.69) is 20.3 Å². The van der Waals surface area contributed by atoms with Gasteiger partial charge in [0.25, 0.3) is 0 Å². The summed E-state index contributed by atoms with van der Waals surface area (Å²) in [7, 11) is 1.54. The Labute approximate surface area is 105 Å². The first-order valence-electron chi connectivity index (χ1n) is 5.54. The van der Waals surface area contributed by atoms with Gasteiger partial charge < -0.3 is 15.8 Å². The molecule has 0 radical (unpaired) electrons. The van der Waals surface area contributed by atoms with Crippen LogP contribution in [0, 0.1) is 0 Å². The number of nitrogen functional groups attached to an aromatic ring is 1. The van der Waals surface area contributed by atoms with Crippen molar-refractivity contribution in [3.63, 3.8) is 0 Å². The third kappa shape index (κ3) is 2.85. The third-order valence-corrected chi connectivity index (χ3v) is 2.48. The smallest absolute Gasteiger partial charge is 0.225 e. The van der Waals surface area contributed by atoms with Crippen molar-refractivity contribution in [2.45, 2.75) is 13.0 Å². The Kier molecular flexibility index (Phi) is 3.57. The maximum atomic E-state index is 5.59. The molecule has 94 valence electrons. The zero-order valence-corrected chi connectivity index (χ0v) is 10.3. The molecule has 0 saturated carbocycles. The van der Waals surface area contributed by atoms with E-state index in [-0.39, 0.29) is 12.0 Å². The minimum absolute atomic E-state index is 0.0673. The molecule has 6 heteroatoms. The number of hydrogen-bond donors (Lipinski definition) is 2. The minimum atomic E-state index is 0.0673. The lowest BCUT2D eigenvalue weighted by molar-refractivity contribution is 0.398. The van der Waals surface area contributed by atoms with E-state index < -0.39 is 0 Å². The van der Waals surface area contributed by atoms with Gasteiger partial charge in [-0.05, 0) is 18.6 Å². The fourth-order valence-corrected chi connectivity index (χ4v) is 1.56. The lowest BCUT2D eigenvalue weighted by atomic mass is 10.1. The van der Waals surface area contributed by atoms with E-state index >= 15 is 0 Å². The summed E-state index contributed by atoms with van der Waals surface area (Å²) in [6, 6.07) is 5.65. The minimum Gasteiger partial charge on any atom is -0.481 e. The van der Waals surface area contributed by atoms with Gasteiger partial charge in [-0.3, -0.25) is 4.98 Å². The van der Waals surface area contributed by atoms with Crippen molar-refractivity contribution in [1.82, 2.24) is 15.0 Å². The molecule has 2 rings (SSSR count). The highest BCUT2D eigenvalue weighted by molar-refractivity contribution is 5.44. The Bertz CT molecular complexity index is 517. The van der Waals surface area contributed by atoms with Gasteiger partial charge in [0.2, 0.25) is 11.8 Å². The van der Waals surface area contributed by atoms with Gasteiger partial charge in [0.1, 0.15) is 5.82 Å². The van der Waals surface area contributed by atoms with Gasteiger partial charge in [0.05, 0.1) is 13.2 Å². The number of aromatic nitrogens is 3. The Morgan fingerprint density at radius 1 is 1.39 bits per heavy atom. The highest BCUT2D eigenvalue weighted by Gasteiger charge is 2.08. The van der Waals surface area contributed by atoms with Gasteiger partial charge >= 0.3 is 0 Å². The fraction of sp³-hybridized carbons (Fsp3) is 0.250. The van der Waals surface area contributed by atoms with E-state index in [1.54, 1.807) is 18.5 Å². The molecule has 0 fully saturated rings. The van der Waals surface area contributed by atoms with Crippen molar-refractivity contribution >= 4 is 11.8 Å². The summed E-state index contributed by atoms with van der Waals surface area (Å²) in [4.78, 5) is 12.1. The van der Waals surface area contributed by atoms with E-state index in [0.29, 0.717) is 11.7 Å². The monoisotopic (exact) mass is 245 g/mol. The van der Waals surface area contributed by atoms with Gasteiger partial charge in [-0.25, -0.2) is 0 Å². The molecule has 6 nitrogen and oxygen atoms in total. The molecule has 1 atom stereocenters.